The zero-order chi connectivity index (χ0) is 44.2. The fraction of sp³-hybridized carbons (Fsp3) is 0.814. The molecule has 4 rings (SSSR count). The largest absolute Gasteiger partial charge is 0.391 e. The molecule has 0 aromatic heterocycles. The monoisotopic (exact) mass is 846 g/mol. The minimum Gasteiger partial charge on any atom is -0.391 e. The van der Waals surface area contributed by atoms with Crippen LogP contribution >= 0.6 is 0 Å². The van der Waals surface area contributed by atoms with Crippen molar-refractivity contribution in [3.63, 3.8) is 0 Å². The third kappa shape index (κ3) is 15.3. The highest BCUT2D eigenvalue weighted by atomic mass is 16.3. The van der Waals surface area contributed by atoms with E-state index >= 15 is 0 Å². The standard InChI is InChI=1S/C42H71N7O8.CO2/c1-5-22-43-40(55)37(30(4)50)46-39(54)34-19-15-26-48(34)41(56)29(3)44-38(53)33-18-11-14-25-49(33)42(57)32(20-21-36(52)47-23-12-6-7-13-24-47)45-35(51)27-28(2)31-16-9-8-10-17-31;2-1-3/h28-34,37,50H,5-27H2,1-4H3,(H,43,55)(H,44,53)(H,45,51)(H,46,54);/t28-,29-,30+,32-,33-,34-,37-;/m0./s1. The van der Waals surface area contributed by atoms with Crippen molar-refractivity contribution in [3.05, 3.63) is 0 Å². The number of piperidine rings is 1. The molecular formula is C43H71N7O10. The lowest BCUT2D eigenvalue weighted by Gasteiger charge is -2.38. The Bertz CT molecular complexity index is 1470. The Labute approximate surface area is 355 Å². The number of hydrogen-bond acceptors (Lipinski definition) is 10. The summed E-state index contributed by atoms with van der Waals surface area (Å²) in [6, 6.07) is -4.94. The molecule has 3 aliphatic heterocycles. The number of carbonyl (C=O) groups is 7. The van der Waals surface area contributed by atoms with E-state index in [2.05, 4.69) is 28.2 Å². The van der Waals surface area contributed by atoms with Crippen molar-refractivity contribution in [2.45, 2.75) is 180 Å². The molecule has 1 saturated carbocycles. The van der Waals surface area contributed by atoms with Gasteiger partial charge in [-0.3, -0.25) is 33.6 Å². The first-order valence-electron chi connectivity index (χ1n) is 22.5. The van der Waals surface area contributed by atoms with Gasteiger partial charge in [-0.25, -0.2) is 0 Å². The second kappa shape index (κ2) is 26.1. The quantitative estimate of drug-likeness (QED) is 0.143. The Balaban J connectivity index is 0.00000311. The topological polar surface area (TPSA) is 232 Å². The van der Waals surface area contributed by atoms with E-state index in [4.69, 9.17) is 9.59 Å². The molecule has 0 unspecified atom stereocenters. The summed E-state index contributed by atoms with van der Waals surface area (Å²) in [7, 11) is 0. The van der Waals surface area contributed by atoms with Gasteiger partial charge in [0, 0.05) is 45.6 Å². The van der Waals surface area contributed by atoms with Crippen molar-refractivity contribution in [1.29, 1.82) is 0 Å². The van der Waals surface area contributed by atoms with Crippen LogP contribution in [0.15, 0.2) is 0 Å². The van der Waals surface area contributed by atoms with Gasteiger partial charge in [-0.1, -0.05) is 58.8 Å². The van der Waals surface area contributed by atoms with Crippen LogP contribution in [-0.2, 0) is 43.2 Å². The van der Waals surface area contributed by atoms with Crippen molar-refractivity contribution in [3.8, 4) is 0 Å². The minimum atomic E-state index is -1.19. The van der Waals surface area contributed by atoms with Gasteiger partial charge in [0.05, 0.1) is 6.10 Å². The lowest BCUT2D eigenvalue weighted by atomic mass is 9.79. The summed E-state index contributed by atoms with van der Waals surface area (Å²) >= 11 is 0. The van der Waals surface area contributed by atoms with Gasteiger partial charge >= 0.3 is 6.15 Å². The van der Waals surface area contributed by atoms with E-state index in [0.717, 1.165) is 51.4 Å². The number of aliphatic hydroxyl groups is 1. The third-order valence-electron chi connectivity index (χ3n) is 12.5. The first kappa shape index (κ1) is 50.0. The summed E-state index contributed by atoms with van der Waals surface area (Å²) in [4.78, 5) is 116. The number of nitrogens with one attached hydrogen (secondary N) is 4. The lowest BCUT2D eigenvalue weighted by Crippen LogP contribution is -2.60. The number of carbonyl (C=O) groups excluding carboxylic acids is 9. The summed E-state index contributed by atoms with van der Waals surface area (Å²) < 4.78 is 0. The molecule has 0 radical (unpaired) electrons. The Hall–Kier alpha value is -4.37. The number of aliphatic hydroxyl groups excluding tert-OH is 1. The van der Waals surface area contributed by atoms with Gasteiger partial charge in [0.2, 0.25) is 41.4 Å². The minimum absolute atomic E-state index is 0.0325. The van der Waals surface area contributed by atoms with E-state index < -0.39 is 65.8 Å². The predicted octanol–water partition coefficient (Wildman–Crippen LogP) is 1.95. The van der Waals surface area contributed by atoms with E-state index in [-0.39, 0.29) is 43.3 Å². The lowest BCUT2D eigenvalue weighted by molar-refractivity contribution is -0.191. The van der Waals surface area contributed by atoms with Crippen molar-refractivity contribution in [2.24, 2.45) is 11.8 Å². The molecule has 3 saturated heterocycles. The fourth-order valence-corrected chi connectivity index (χ4v) is 9.02. The van der Waals surface area contributed by atoms with Crippen LogP contribution < -0.4 is 21.3 Å². The average molecular weight is 846 g/mol. The van der Waals surface area contributed by atoms with Crippen molar-refractivity contribution >= 4 is 47.5 Å². The maximum atomic E-state index is 14.4. The molecule has 17 nitrogen and oxygen atoms in total. The third-order valence-corrected chi connectivity index (χ3v) is 12.5. The summed E-state index contributed by atoms with van der Waals surface area (Å²) in [6.45, 7) is 9.29. The smallest absolute Gasteiger partial charge is 0.373 e. The van der Waals surface area contributed by atoms with Gasteiger partial charge in [0.1, 0.15) is 30.2 Å². The van der Waals surface area contributed by atoms with Gasteiger partial charge in [-0.15, -0.1) is 0 Å². The molecule has 4 fully saturated rings. The zero-order valence-corrected chi connectivity index (χ0v) is 36.3. The number of hydrogen-bond donors (Lipinski definition) is 5. The highest BCUT2D eigenvalue weighted by molar-refractivity contribution is 5.97. The molecule has 17 heteroatoms. The van der Waals surface area contributed by atoms with Crippen LogP contribution in [0.5, 0.6) is 0 Å². The summed E-state index contributed by atoms with van der Waals surface area (Å²) in [5.74, 6) is -2.07. The van der Waals surface area contributed by atoms with Gasteiger partial charge in [0.15, 0.2) is 0 Å². The van der Waals surface area contributed by atoms with Gasteiger partial charge in [0.25, 0.3) is 0 Å². The van der Waals surface area contributed by atoms with Crippen LogP contribution in [-0.4, -0.2) is 136 Å². The number of amides is 7. The summed E-state index contributed by atoms with van der Waals surface area (Å²) in [5.41, 5.74) is 0. The van der Waals surface area contributed by atoms with Gasteiger partial charge in [-0.2, -0.15) is 9.59 Å². The number of nitrogens with zero attached hydrogens (tertiary/aromatic N) is 3. The van der Waals surface area contributed by atoms with Crippen molar-refractivity contribution in [2.75, 3.05) is 32.7 Å². The van der Waals surface area contributed by atoms with E-state index in [9.17, 15) is 38.7 Å². The Morgan fingerprint density at radius 1 is 0.683 bits per heavy atom. The first-order valence-corrected chi connectivity index (χ1v) is 22.5. The van der Waals surface area contributed by atoms with Crippen LogP contribution in [0.4, 0.5) is 0 Å². The molecule has 3 heterocycles. The Morgan fingerprint density at radius 3 is 1.83 bits per heavy atom. The molecule has 4 aliphatic rings. The molecule has 7 amide bonds. The molecular weight excluding hydrogens is 775 g/mol. The van der Waals surface area contributed by atoms with Crippen LogP contribution in [0.2, 0.25) is 0 Å². The molecule has 5 N–H and O–H groups in total. The van der Waals surface area contributed by atoms with Crippen LogP contribution in [0.25, 0.3) is 0 Å². The van der Waals surface area contributed by atoms with Gasteiger partial charge < -0.3 is 41.1 Å². The van der Waals surface area contributed by atoms with E-state index in [1.807, 2.05) is 11.8 Å². The normalized spacial score (nSPS) is 22.2. The second-order valence-electron chi connectivity index (χ2n) is 17.1. The molecule has 0 aromatic carbocycles. The molecule has 7 atom stereocenters. The SMILES string of the molecule is CCCNC(=O)[C@@H](NC(=O)[C@@H]1CCCN1C(=O)[C@H](C)NC(=O)[C@@H]1CCCCN1C(=O)[C@H](CCC(=O)N1CCCCCC1)NC(=O)C[C@H](C)C1CCCCC1)[C@@H](C)O.O=C=O. The maximum absolute atomic E-state index is 14.4. The number of likely N-dealkylation sites (tertiary alicyclic amines) is 3. The number of rotatable bonds is 17. The molecule has 338 valence electrons. The molecule has 0 bridgehead atoms. The molecule has 1 aliphatic carbocycles. The first-order chi connectivity index (χ1) is 28.7. The molecule has 0 spiro atoms. The van der Waals surface area contributed by atoms with Crippen LogP contribution in [0.3, 0.4) is 0 Å². The second-order valence-corrected chi connectivity index (χ2v) is 17.1. The average Bonchev–Trinajstić information content (AvgIpc) is 3.57. The highest BCUT2D eigenvalue weighted by Gasteiger charge is 2.41. The van der Waals surface area contributed by atoms with Crippen molar-refractivity contribution in [1.82, 2.24) is 36.0 Å². The van der Waals surface area contributed by atoms with Crippen LogP contribution in [0, 0.1) is 11.8 Å². The van der Waals surface area contributed by atoms with E-state index in [0.29, 0.717) is 77.0 Å². The van der Waals surface area contributed by atoms with Gasteiger partial charge in [-0.05, 0) is 83.5 Å². The van der Waals surface area contributed by atoms with Crippen LogP contribution in [0.1, 0.15) is 143 Å². The maximum Gasteiger partial charge on any atom is 0.373 e. The Morgan fingerprint density at radius 2 is 1.22 bits per heavy atom. The molecule has 60 heavy (non-hydrogen) atoms. The fourth-order valence-electron chi connectivity index (χ4n) is 9.02. The predicted molar refractivity (Wildman–Crippen MR) is 220 cm³/mol. The summed E-state index contributed by atoms with van der Waals surface area (Å²) in [6.07, 6.45) is 12.7. The molecule has 0 aromatic rings. The zero-order valence-electron chi connectivity index (χ0n) is 36.3. The van der Waals surface area contributed by atoms with E-state index in [1.165, 1.54) is 23.1 Å². The highest BCUT2D eigenvalue weighted by Crippen LogP contribution is 2.31. The summed E-state index contributed by atoms with van der Waals surface area (Å²) in [5, 5.41) is 21.3. The van der Waals surface area contributed by atoms with E-state index in [1.54, 1.807) is 6.92 Å². The van der Waals surface area contributed by atoms with Crippen molar-refractivity contribution < 1.29 is 48.3 Å². The Kier molecular flexibility index (Phi) is 21.7.